The molecule has 2 heterocycles. The molecule has 0 N–H and O–H groups in total. The molecule has 7 nitrogen and oxygen atoms in total. The van der Waals surface area contributed by atoms with Gasteiger partial charge in [-0.1, -0.05) is 0 Å². The highest BCUT2D eigenvalue weighted by Gasteiger charge is 2.24. The van der Waals surface area contributed by atoms with E-state index in [1.165, 1.54) is 13.2 Å². The molecule has 0 saturated carbocycles. The molecule has 0 aliphatic carbocycles. The molecule has 1 fully saturated rings. The van der Waals surface area contributed by atoms with E-state index in [4.69, 9.17) is 18.6 Å². The van der Waals surface area contributed by atoms with Gasteiger partial charge in [0.25, 0.3) is 0 Å². The van der Waals surface area contributed by atoms with Gasteiger partial charge in [0.2, 0.25) is 5.76 Å². The Kier molecular flexibility index (Phi) is 6.18. The van der Waals surface area contributed by atoms with Crippen LogP contribution in [0.1, 0.15) is 49.1 Å². The maximum atomic E-state index is 12.0. The zero-order valence-electron chi connectivity index (χ0n) is 13.6. The van der Waals surface area contributed by atoms with E-state index in [0.29, 0.717) is 12.4 Å². The minimum atomic E-state index is -0.698. The van der Waals surface area contributed by atoms with Gasteiger partial charge < -0.3 is 23.4 Å². The molecule has 7 heteroatoms. The molecule has 1 aliphatic rings. The van der Waals surface area contributed by atoms with Crippen LogP contribution < -0.4 is 0 Å². The number of hydrogen-bond donors (Lipinski definition) is 0. The second kappa shape index (κ2) is 8.12. The maximum absolute atomic E-state index is 12.0. The van der Waals surface area contributed by atoms with Crippen molar-refractivity contribution in [1.29, 1.82) is 0 Å². The summed E-state index contributed by atoms with van der Waals surface area (Å²) < 4.78 is 26.1. The average Bonchev–Trinajstić information content (AvgIpc) is 3.22. The van der Waals surface area contributed by atoms with Crippen LogP contribution in [0.15, 0.2) is 16.5 Å². The average molecular weight is 326 g/mol. The van der Waals surface area contributed by atoms with Gasteiger partial charge in [-0.2, -0.15) is 0 Å². The Labute approximate surface area is 134 Å². The first-order valence-electron chi connectivity index (χ1n) is 7.63. The Bertz CT molecular complexity index is 530. The van der Waals surface area contributed by atoms with Crippen LogP contribution in [0, 0.1) is 0 Å². The lowest BCUT2D eigenvalue weighted by Gasteiger charge is -2.17. The number of methoxy groups -OCH3 is 1. The second-order valence-corrected chi connectivity index (χ2v) is 5.38. The van der Waals surface area contributed by atoms with E-state index in [1.807, 2.05) is 0 Å². The summed E-state index contributed by atoms with van der Waals surface area (Å²) in [7, 11) is 1.26. The quantitative estimate of drug-likeness (QED) is 0.710. The summed E-state index contributed by atoms with van der Waals surface area (Å²) in [5.41, 5.74) is 0. The highest BCUT2D eigenvalue weighted by molar-refractivity contribution is 5.86. The molecule has 1 saturated heterocycles. The number of carbonyl (C=O) groups is 2. The lowest BCUT2D eigenvalue weighted by Crippen LogP contribution is -2.28. The smallest absolute Gasteiger partial charge is 0.373 e. The van der Waals surface area contributed by atoms with Crippen LogP contribution in [0.4, 0.5) is 0 Å². The number of furan rings is 1. The van der Waals surface area contributed by atoms with Crippen LogP contribution in [0.5, 0.6) is 0 Å². The Morgan fingerprint density at radius 2 is 2.13 bits per heavy atom. The molecular weight excluding hydrogens is 304 g/mol. The van der Waals surface area contributed by atoms with Crippen molar-refractivity contribution < 1.29 is 33.0 Å². The normalized spacial score (nSPS) is 20.0. The van der Waals surface area contributed by atoms with E-state index in [0.717, 1.165) is 19.4 Å². The maximum Gasteiger partial charge on any atom is 0.373 e. The summed E-state index contributed by atoms with van der Waals surface area (Å²) in [6, 6.07) is 3.05. The first-order valence-corrected chi connectivity index (χ1v) is 7.63. The predicted octanol–water partition coefficient (Wildman–Crippen LogP) is 2.25. The van der Waals surface area contributed by atoms with Crippen LogP contribution in [0.2, 0.25) is 0 Å². The van der Waals surface area contributed by atoms with E-state index in [-0.39, 0.29) is 11.9 Å². The first-order chi connectivity index (χ1) is 11.0. The van der Waals surface area contributed by atoms with Crippen LogP contribution in [-0.4, -0.2) is 44.5 Å². The van der Waals surface area contributed by atoms with Crippen LogP contribution in [0.25, 0.3) is 0 Å². The third-order valence-electron chi connectivity index (χ3n) is 3.59. The largest absolute Gasteiger partial charge is 0.463 e. The van der Waals surface area contributed by atoms with Gasteiger partial charge in [-0.05, 0) is 38.8 Å². The fraction of sp³-hybridized carbons (Fsp3) is 0.625. The monoisotopic (exact) mass is 326 g/mol. The van der Waals surface area contributed by atoms with Crippen molar-refractivity contribution in [2.45, 2.75) is 45.0 Å². The Morgan fingerprint density at radius 1 is 1.35 bits per heavy atom. The molecular formula is C16H22O7. The van der Waals surface area contributed by atoms with Crippen molar-refractivity contribution >= 4 is 11.9 Å². The molecule has 1 aliphatic heterocycles. The molecule has 3 unspecified atom stereocenters. The molecule has 0 radical (unpaired) electrons. The third kappa shape index (κ3) is 4.80. The number of esters is 2. The number of hydrogen-bond acceptors (Lipinski definition) is 7. The summed E-state index contributed by atoms with van der Waals surface area (Å²) in [5.74, 6) is -0.646. The standard InChI is InChI=1S/C16H22O7/c1-10(13-6-7-14(23-13)16(18)19-3)22-15(17)11(2)21-9-12-5-4-8-20-12/h6-7,10-12H,4-5,8-9H2,1-3H3. The van der Waals surface area contributed by atoms with Gasteiger partial charge in [0.1, 0.15) is 5.76 Å². The van der Waals surface area contributed by atoms with E-state index < -0.39 is 24.1 Å². The summed E-state index contributed by atoms with van der Waals surface area (Å²) in [6.07, 6.45) is 0.688. The summed E-state index contributed by atoms with van der Waals surface area (Å²) in [5, 5.41) is 0. The summed E-state index contributed by atoms with van der Waals surface area (Å²) in [4.78, 5) is 23.3. The van der Waals surface area contributed by atoms with E-state index in [2.05, 4.69) is 4.74 Å². The summed E-state index contributed by atoms with van der Waals surface area (Å²) >= 11 is 0. The van der Waals surface area contributed by atoms with Crippen LogP contribution in [0.3, 0.4) is 0 Å². The van der Waals surface area contributed by atoms with Crippen molar-refractivity contribution in [3.8, 4) is 0 Å². The van der Waals surface area contributed by atoms with Gasteiger partial charge in [-0.3, -0.25) is 0 Å². The zero-order valence-corrected chi connectivity index (χ0v) is 13.6. The lowest BCUT2D eigenvalue weighted by molar-refractivity contribution is -0.163. The second-order valence-electron chi connectivity index (χ2n) is 5.38. The molecule has 0 spiro atoms. The van der Waals surface area contributed by atoms with Gasteiger partial charge >= 0.3 is 11.9 Å². The third-order valence-corrected chi connectivity index (χ3v) is 3.59. The van der Waals surface area contributed by atoms with Gasteiger partial charge in [-0.25, -0.2) is 9.59 Å². The van der Waals surface area contributed by atoms with Crippen molar-refractivity contribution in [3.63, 3.8) is 0 Å². The van der Waals surface area contributed by atoms with Gasteiger partial charge in [0, 0.05) is 6.61 Å². The van der Waals surface area contributed by atoms with Crippen molar-refractivity contribution in [2.75, 3.05) is 20.3 Å². The van der Waals surface area contributed by atoms with E-state index in [9.17, 15) is 9.59 Å². The SMILES string of the molecule is COC(=O)c1ccc(C(C)OC(=O)C(C)OCC2CCCO2)o1. The molecule has 0 aromatic carbocycles. The lowest BCUT2D eigenvalue weighted by atomic mass is 10.2. The molecule has 2 rings (SSSR count). The Hall–Kier alpha value is -1.86. The highest BCUT2D eigenvalue weighted by atomic mass is 16.6. The number of carbonyl (C=O) groups excluding carboxylic acids is 2. The molecule has 0 amide bonds. The van der Waals surface area contributed by atoms with Crippen molar-refractivity contribution in [1.82, 2.24) is 0 Å². The van der Waals surface area contributed by atoms with E-state index >= 15 is 0 Å². The topological polar surface area (TPSA) is 84.2 Å². The highest BCUT2D eigenvalue weighted by Crippen LogP contribution is 2.21. The number of ether oxygens (including phenoxy) is 4. The fourth-order valence-corrected chi connectivity index (χ4v) is 2.21. The Morgan fingerprint density at radius 3 is 2.78 bits per heavy atom. The van der Waals surface area contributed by atoms with Crippen LogP contribution >= 0.6 is 0 Å². The number of rotatable bonds is 7. The fourth-order valence-electron chi connectivity index (χ4n) is 2.21. The van der Waals surface area contributed by atoms with Gasteiger partial charge in [0.05, 0.1) is 19.8 Å². The summed E-state index contributed by atoms with van der Waals surface area (Å²) in [6.45, 7) is 4.40. The predicted molar refractivity (Wildman–Crippen MR) is 78.9 cm³/mol. The zero-order chi connectivity index (χ0) is 16.8. The van der Waals surface area contributed by atoms with Gasteiger partial charge in [0.15, 0.2) is 12.2 Å². The van der Waals surface area contributed by atoms with E-state index in [1.54, 1.807) is 19.9 Å². The molecule has 128 valence electrons. The molecule has 1 aromatic rings. The van der Waals surface area contributed by atoms with Crippen LogP contribution in [-0.2, 0) is 23.7 Å². The minimum Gasteiger partial charge on any atom is -0.463 e. The minimum absolute atomic E-state index is 0.0513. The first kappa shape index (κ1) is 17.5. The van der Waals surface area contributed by atoms with Crippen molar-refractivity contribution in [3.05, 3.63) is 23.7 Å². The molecule has 23 heavy (non-hydrogen) atoms. The van der Waals surface area contributed by atoms with Gasteiger partial charge in [-0.15, -0.1) is 0 Å². The molecule has 1 aromatic heterocycles. The molecule has 0 bridgehead atoms. The van der Waals surface area contributed by atoms with Crippen molar-refractivity contribution in [2.24, 2.45) is 0 Å². The molecule has 3 atom stereocenters. The Balaban J connectivity index is 1.80.